The molecule has 0 heterocycles. The van der Waals surface area contributed by atoms with Gasteiger partial charge in [-0.1, -0.05) is 19.1 Å². The maximum absolute atomic E-state index is 12.0. The molecule has 0 saturated carbocycles. The Labute approximate surface area is 82.4 Å². The van der Waals surface area contributed by atoms with Crippen LogP contribution in [0.5, 0.6) is 0 Å². The summed E-state index contributed by atoms with van der Waals surface area (Å²) in [6, 6.07) is 5.61. The Morgan fingerprint density at radius 2 is 1.71 bits per heavy atom. The lowest BCUT2D eigenvalue weighted by Crippen LogP contribution is -2.16. The summed E-state index contributed by atoms with van der Waals surface area (Å²) in [7, 11) is -2.91. The van der Waals surface area contributed by atoms with Crippen molar-refractivity contribution in [2.24, 2.45) is 0 Å². The number of aryl methyl sites for hydroxylation is 1. The molecule has 0 amide bonds. The van der Waals surface area contributed by atoms with E-state index in [1.807, 2.05) is 6.92 Å². The van der Waals surface area contributed by atoms with Gasteiger partial charge in [0, 0.05) is 4.90 Å². The van der Waals surface area contributed by atoms with Crippen molar-refractivity contribution in [3.05, 3.63) is 29.8 Å². The molecule has 14 heavy (non-hydrogen) atoms. The van der Waals surface area contributed by atoms with Crippen LogP contribution in [0.3, 0.4) is 0 Å². The van der Waals surface area contributed by atoms with Crippen LogP contribution < -0.4 is 0 Å². The Balaban J connectivity index is 2.93. The van der Waals surface area contributed by atoms with Crippen LogP contribution in [0, 0.1) is 0 Å². The van der Waals surface area contributed by atoms with Crippen LogP contribution in [-0.4, -0.2) is 9.72 Å². The fourth-order valence-electron chi connectivity index (χ4n) is 0.982. The fourth-order valence-corrected chi connectivity index (χ4v) is 1.63. The zero-order chi connectivity index (χ0) is 10.8. The highest BCUT2D eigenvalue weighted by atomic mass is 32.2. The van der Waals surface area contributed by atoms with E-state index in [0.717, 1.165) is 12.0 Å². The number of halogens is 3. The first-order valence-electron chi connectivity index (χ1n) is 4.02. The van der Waals surface area contributed by atoms with Gasteiger partial charge >= 0.3 is 5.51 Å². The molecule has 5 heteroatoms. The summed E-state index contributed by atoms with van der Waals surface area (Å²) in [6.07, 6.45) is 0.749. The van der Waals surface area contributed by atoms with Crippen LogP contribution in [0.25, 0.3) is 0 Å². The lowest BCUT2D eigenvalue weighted by Gasteiger charge is -2.06. The van der Waals surface area contributed by atoms with E-state index in [4.69, 9.17) is 0 Å². The molecule has 1 aromatic rings. The lowest BCUT2D eigenvalue weighted by atomic mass is 10.2. The quantitative estimate of drug-likeness (QED) is 0.752. The largest absolute Gasteiger partial charge is 0.475 e. The molecule has 1 nitrogen and oxygen atoms in total. The summed E-state index contributed by atoms with van der Waals surface area (Å²) >= 11 is 0. The molecule has 0 aliphatic heterocycles. The molecular formula is C9H9F3OS. The smallest absolute Gasteiger partial charge is 0.245 e. The van der Waals surface area contributed by atoms with E-state index >= 15 is 0 Å². The molecule has 78 valence electrons. The highest BCUT2D eigenvalue weighted by molar-refractivity contribution is 7.86. The second kappa shape index (κ2) is 4.13. The van der Waals surface area contributed by atoms with Gasteiger partial charge in [0.1, 0.15) is 0 Å². The van der Waals surface area contributed by atoms with E-state index in [2.05, 4.69) is 0 Å². The minimum atomic E-state index is -4.67. The molecule has 0 aliphatic carbocycles. The van der Waals surface area contributed by atoms with Crippen molar-refractivity contribution < 1.29 is 17.4 Å². The van der Waals surface area contributed by atoms with E-state index in [1.54, 1.807) is 12.1 Å². The van der Waals surface area contributed by atoms with E-state index < -0.39 is 16.3 Å². The SMILES string of the molecule is CCc1ccc(S(=O)C(F)(F)F)cc1. The minimum absolute atomic E-state index is 0.199. The zero-order valence-electron chi connectivity index (χ0n) is 7.47. The molecule has 0 bridgehead atoms. The Morgan fingerprint density at radius 3 is 2.07 bits per heavy atom. The first-order chi connectivity index (χ1) is 6.45. The zero-order valence-corrected chi connectivity index (χ0v) is 8.28. The number of hydrogen-bond acceptors (Lipinski definition) is 1. The normalized spacial score (nSPS) is 14.0. The molecule has 1 atom stereocenters. The summed E-state index contributed by atoms with van der Waals surface area (Å²) < 4.78 is 46.9. The molecule has 0 fully saturated rings. The van der Waals surface area contributed by atoms with Crippen LogP contribution >= 0.6 is 0 Å². The van der Waals surface area contributed by atoms with Crippen LogP contribution in [-0.2, 0) is 17.2 Å². The Morgan fingerprint density at radius 1 is 1.21 bits per heavy atom. The summed E-state index contributed by atoms with van der Waals surface area (Å²) in [5.74, 6) is 0. The number of rotatable bonds is 2. The molecule has 1 aromatic carbocycles. The number of alkyl halides is 3. The van der Waals surface area contributed by atoms with E-state index in [0.29, 0.717) is 0 Å². The first kappa shape index (κ1) is 11.2. The predicted octanol–water partition coefficient (Wildman–Crippen LogP) is 2.88. The van der Waals surface area contributed by atoms with Gasteiger partial charge < -0.3 is 0 Å². The van der Waals surface area contributed by atoms with Crippen molar-refractivity contribution >= 4 is 10.8 Å². The van der Waals surface area contributed by atoms with Crippen molar-refractivity contribution in [1.29, 1.82) is 0 Å². The van der Waals surface area contributed by atoms with Crippen molar-refractivity contribution in [1.82, 2.24) is 0 Å². The molecule has 0 aromatic heterocycles. The van der Waals surface area contributed by atoms with Crippen LogP contribution in [0.1, 0.15) is 12.5 Å². The molecule has 0 radical (unpaired) electrons. The average molecular weight is 222 g/mol. The van der Waals surface area contributed by atoms with Gasteiger partial charge in [0.05, 0.1) is 0 Å². The summed E-state index contributed by atoms with van der Waals surface area (Å²) in [6.45, 7) is 1.90. The van der Waals surface area contributed by atoms with Crippen LogP contribution in [0.4, 0.5) is 13.2 Å². The highest BCUT2D eigenvalue weighted by Crippen LogP contribution is 2.26. The van der Waals surface area contributed by atoms with Crippen molar-refractivity contribution in [3.8, 4) is 0 Å². The van der Waals surface area contributed by atoms with Crippen LogP contribution in [0.15, 0.2) is 29.2 Å². The first-order valence-corrected chi connectivity index (χ1v) is 5.17. The molecule has 0 N–H and O–H groups in total. The second-order valence-corrected chi connectivity index (χ2v) is 4.18. The van der Waals surface area contributed by atoms with Gasteiger partial charge in [0.2, 0.25) is 0 Å². The minimum Gasteiger partial charge on any atom is -0.245 e. The lowest BCUT2D eigenvalue weighted by molar-refractivity contribution is -0.0384. The second-order valence-electron chi connectivity index (χ2n) is 2.71. The topological polar surface area (TPSA) is 17.1 Å². The fraction of sp³-hybridized carbons (Fsp3) is 0.333. The van der Waals surface area contributed by atoms with Gasteiger partial charge in [0.15, 0.2) is 10.8 Å². The van der Waals surface area contributed by atoms with E-state index in [9.17, 15) is 17.4 Å². The molecule has 0 spiro atoms. The Bertz CT molecular complexity index is 329. The number of benzene rings is 1. The third kappa shape index (κ3) is 2.57. The molecule has 1 rings (SSSR count). The Kier molecular flexibility index (Phi) is 3.31. The summed E-state index contributed by atoms with van der Waals surface area (Å²) in [4.78, 5) is -0.199. The predicted molar refractivity (Wildman–Crippen MR) is 48.3 cm³/mol. The third-order valence-electron chi connectivity index (χ3n) is 1.76. The standard InChI is InChI=1S/C9H9F3OS/c1-2-7-3-5-8(6-4-7)14(13)9(10,11)12/h3-6H,2H2,1H3. The van der Waals surface area contributed by atoms with Gasteiger partial charge in [-0.15, -0.1) is 0 Å². The van der Waals surface area contributed by atoms with Gasteiger partial charge in [-0.05, 0) is 24.1 Å². The van der Waals surface area contributed by atoms with Gasteiger partial charge in [-0.3, -0.25) is 0 Å². The van der Waals surface area contributed by atoms with Gasteiger partial charge in [-0.25, -0.2) is 4.21 Å². The summed E-state index contributed by atoms with van der Waals surface area (Å²) in [5, 5.41) is 0. The average Bonchev–Trinajstić information content (AvgIpc) is 2.15. The summed E-state index contributed by atoms with van der Waals surface area (Å²) in [5.41, 5.74) is -3.75. The van der Waals surface area contributed by atoms with Gasteiger partial charge in [0.25, 0.3) is 0 Å². The highest BCUT2D eigenvalue weighted by Gasteiger charge is 2.37. The third-order valence-corrected chi connectivity index (χ3v) is 2.88. The van der Waals surface area contributed by atoms with Crippen LogP contribution in [0.2, 0.25) is 0 Å². The van der Waals surface area contributed by atoms with Gasteiger partial charge in [-0.2, -0.15) is 13.2 Å². The molecule has 1 unspecified atom stereocenters. The maximum Gasteiger partial charge on any atom is 0.475 e. The Hall–Kier alpha value is -0.840. The van der Waals surface area contributed by atoms with Crippen molar-refractivity contribution in [2.75, 3.05) is 0 Å². The molecule has 0 saturated heterocycles. The maximum atomic E-state index is 12.0. The monoisotopic (exact) mass is 222 g/mol. The number of hydrogen-bond donors (Lipinski definition) is 0. The molecular weight excluding hydrogens is 213 g/mol. The van der Waals surface area contributed by atoms with E-state index in [1.165, 1.54) is 12.1 Å². The molecule has 0 aliphatic rings. The van der Waals surface area contributed by atoms with Crippen molar-refractivity contribution in [2.45, 2.75) is 23.7 Å². The van der Waals surface area contributed by atoms with E-state index in [-0.39, 0.29) is 4.90 Å². The van der Waals surface area contributed by atoms with Crippen molar-refractivity contribution in [3.63, 3.8) is 0 Å².